The fourth-order valence-corrected chi connectivity index (χ4v) is 2.54. The molecule has 2 amide bonds. The highest BCUT2D eigenvalue weighted by molar-refractivity contribution is 5.78. The van der Waals surface area contributed by atoms with Crippen molar-refractivity contribution in [3.05, 3.63) is 29.8 Å². The minimum Gasteiger partial charge on any atom is -0.496 e. The number of hydrogen-bond donors (Lipinski definition) is 2. The third-order valence-corrected chi connectivity index (χ3v) is 3.70. The van der Waals surface area contributed by atoms with Gasteiger partial charge in [0.05, 0.1) is 7.11 Å². The standard InChI is InChI=1S/C18H26N2O4/c1-18(2,3)24-17(22)19-10-9-16(21)20-14-11-13(14)12-7-5-6-8-15(12)23-4/h5-8,13-14H,9-11H2,1-4H3,(H,19,22)(H,20,21)/t13-,14+/m0/s1. The molecular formula is C18H26N2O4. The molecule has 0 unspecified atom stereocenters. The van der Waals surface area contributed by atoms with Crippen LogP contribution >= 0.6 is 0 Å². The van der Waals surface area contributed by atoms with Crippen molar-refractivity contribution >= 4 is 12.0 Å². The summed E-state index contributed by atoms with van der Waals surface area (Å²) in [5.41, 5.74) is 0.583. The molecule has 0 bridgehead atoms. The second kappa shape index (κ2) is 7.55. The quantitative estimate of drug-likeness (QED) is 0.838. The molecule has 0 aromatic heterocycles. The molecule has 2 rings (SSSR count). The van der Waals surface area contributed by atoms with E-state index < -0.39 is 11.7 Å². The number of carbonyl (C=O) groups is 2. The maximum Gasteiger partial charge on any atom is 0.407 e. The van der Waals surface area contributed by atoms with Crippen molar-refractivity contribution in [2.24, 2.45) is 0 Å². The van der Waals surface area contributed by atoms with Crippen LogP contribution in [0.2, 0.25) is 0 Å². The summed E-state index contributed by atoms with van der Waals surface area (Å²) in [6.45, 7) is 5.64. The summed E-state index contributed by atoms with van der Waals surface area (Å²) in [4.78, 5) is 23.5. The number of nitrogens with one attached hydrogen (secondary N) is 2. The van der Waals surface area contributed by atoms with Gasteiger partial charge in [-0.2, -0.15) is 0 Å². The zero-order chi connectivity index (χ0) is 17.7. The third-order valence-electron chi connectivity index (χ3n) is 3.70. The number of amides is 2. The zero-order valence-corrected chi connectivity index (χ0v) is 14.7. The van der Waals surface area contributed by atoms with Crippen LogP contribution in [-0.2, 0) is 9.53 Å². The minimum atomic E-state index is -0.539. The molecule has 1 aliphatic rings. The van der Waals surface area contributed by atoms with E-state index in [1.54, 1.807) is 27.9 Å². The number of methoxy groups -OCH3 is 1. The van der Waals surface area contributed by atoms with Gasteiger partial charge in [-0.3, -0.25) is 4.79 Å². The first-order valence-electron chi connectivity index (χ1n) is 8.19. The van der Waals surface area contributed by atoms with Crippen molar-refractivity contribution in [1.82, 2.24) is 10.6 Å². The molecule has 0 aliphatic heterocycles. The SMILES string of the molecule is COc1ccccc1[C@@H]1C[C@H]1NC(=O)CCNC(=O)OC(C)(C)C. The summed E-state index contributed by atoms with van der Waals surface area (Å²) in [6.07, 6.45) is 0.633. The van der Waals surface area contributed by atoms with E-state index in [1.807, 2.05) is 24.3 Å². The molecule has 1 aromatic carbocycles. The van der Waals surface area contributed by atoms with Gasteiger partial charge in [0.15, 0.2) is 0 Å². The van der Waals surface area contributed by atoms with Gasteiger partial charge in [-0.05, 0) is 38.8 Å². The molecule has 2 N–H and O–H groups in total. The molecule has 0 saturated heterocycles. The Morgan fingerprint density at radius 3 is 2.62 bits per heavy atom. The highest BCUT2D eigenvalue weighted by atomic mass is 16.6. The predicted octanol–water partition coefficient (Wildman–Crippen LogP) is 2.58. The topological polar surface area (TPSA) is 76.7 Å². The maximum absolute atomic E-state index is 12.0. The van der Waals surface area contributed by atoms with Crippen LogP contribution in [0.15, 0.2) is 24.3 Å². The average molecular weight is 334 g/mol. The Kier molecular flexibility index (Phi) is 5.70. The predicted molar refractivity (Wildman–Crippen MR) is 91.1 cm³/mol. The number of ether oxygens (including phenoxy) is 2. The maximum atomic E-state index is 12.0. The smallest absolute Gasteiger partial charge is 0.407 e. The van der Waals surface area contributed by atoms with Crippen LogP contribution in [0.4, 0.5) is 4.79 Å². The number of hydrogen-bond acceptors (Lipinski definition) is 4. The molecule has 1 aromatic rings. The minimum absolute atomic E-state index is 0.0755. The molecule has 1 fully saturated rings. The first-order valence-corrected chi connectivity index (χ1v) is 8.19. The Morgan fingerprint density at radius 1 is 1.25 bits per heavy atom. The molecule has 0 spiro atoms. The molecule has 1 aliphatic carbocycles. The van der Waals surface area contributed by atoms with E-state index in [-0.39, 0.29) is 24.9 Å². The number of rotatable bonds is 6. The largest absolute Gasteiger partial charge is 0.496 e. The summed E-state index contributed by atoms with van der Waals surface area (Å²) >= 11 is 0. The van der Waals surface area contributed by atoms with E-state index in [9.17, 15) is 9.59 Å². The highest BCUT2D eigenvalue weighted by Crippen LogP contribution is 2.44. The normalized spacial score (nSPS) is 19.3. The molecule has 0 heterocycles. The second-order valence-corrected chi connectivity index (χ2v) is 6.94. The molecule has 132 valence electrons. The second-order valence-electron chi connectivity index (χ2n) is 6.94. The van der Waals surface area contributed by atoms with Crippen molar-refractivity contribution in [2.75, 3.05) is 13.7 Å². The summed E-state index contributed by atoms with van der Waals surface area (Å²) in [7, 11) is 1.65. The first kappa shape index (κ1) is 18.1. The van der Waals surface area contributed by atoms with Crippen molar-refractivity contribution in [1.29, 1.82) is 0 Å². The third kappa shape index (κ3) is 5.44. The molecular weight excluding hydrogens is 308 g/mol. The fraction of sp³-hybridized carbons (Fsp3) is 0.556. The first-order chi connectivity index (χ1) is 11.3. The van der Waals surface area contributed by atoms with Crippen LogP contribution in [0.5, 0.6) is 5.75 Å². The van der Waals surface area contributed by atoms with E-state index in [0.717, 1.165) is 17.7 Å². The highest BCUT2D eigenvalue weighted by Gasteiger charge is 2.40. The van der Waals surface area contributed by atoms with Gasteiger partial charge in [0, 0.05) is 24.9 Å². The number of carbonyl (C=O) groups excluding carboxylic acids is 2. The van der Waals surface area contributed by atoms with Crippen molar-refractivity contribution in [3.8, 4) is 5.75 Å². The Labute approximate surface area is 142 Å². The Balaban J connectivity index is 1.70. The van der Waals surface area contributed by atoms with Gasteiger partial charge >= 0.3 is 6.09 Å². The van der Waals surface area contributed by atoms with Crippen LogP contribution < -0.4 is 15.4 Å². The summed E-state index contributed by atoms with van der Waals surface area (Å²) in [5, 5.41) is 5.57. The van der Waals surface area contributed by atoms with Crippen molar-refractivity contribution in [3.63, 3.8) is 0 Å². The Bertz CT molecular complexity index is 595. The van der Waals surface area contributed by atoms with Crippen LogP contribution in [0.25, 0.3) is 0 Å². The van der Waals surface area contributed by atoms with Crippen molar-refractivity contribution in [2.45, 2.75) is 51.2 Å². The zero-order valence-electron chi connectivity index (χ0n) is 14.7. The molecule has 6 heteroatoms. The number of benzene rings is 1. The molecule has 2 atom stereocenters. The lowest BCUT2D eigenvalue weighted by Crippen LogP contribution is -2.35. The van der Waals surface area contributed by atoms with Gasteiger partial charge in [-0.15, -0.1) is 0 Å². The van der Waals surface area contributed by atoms with Gasteiger partial charge in [0.25, 0.3) is 0 Å². The lowest BCUT2D eigenvalue weighted by molar-refractivity contribution is -0.121. The summed E-state index contributed by atoms with van der Waals surface area (Å²) in [5.74, 6) is 1.07. The number of alkyl carbamates (subject to hydrolysis) is 1. The Hall–Kier alpha value is -2.24. The van der Waals surface area contributed by atoms with Gasteiger partial charge in [-0.25, -0.2) is 4.79 Å². The van der Waals surface area contributed by atoms with Gasteiger partial charge in [-0.1, -0.05) is 18.2 Å². The van der Waals surface area contributed by atoms with E-state index in [0.29, 0.717) is 5.92 Å². The van der Waals surface area contributed by atoms with Crippen LogP contribution in [-0.4, -0.2) is 37.3 Å². The van der Waals surface area contributed by atoms with Gasteiger partial charge in [0.1, 0.15) is 11.4 Å². The fourth-order valence-electron chi connectivity index (χ4n) is 2.54. The summed E-state index contributed by atoms with van der Waals surface area (Å²) in [6, 6.07) is 7.99. The lowest BCUT2D eigenvalue weighted by Gasteiger charge is -2.19. The summed E-state index contributed by atoms with van der Waals surface area (Å²) < 4.78 is 10.5. The molecule has 1 saturated carbocycles. The van der Waals surface area contributed by atoms with Crippen molar-refractivity contribution < 1.29 is 19.1 Å². The van der Waals surface area contributed by atoms with Gasteiger partial charge in [0.2, 0.25) is 5.91 Å². The van der Waals surface area contributed by atoms with E-state index >= 15 is 0 Å². The van der Waals surface area contributed by atoms with E-state index in [1.165, 1.54) is 0 Å². The monoisotopic (exact) mass is 334 g/mol. The van der Waals surface area contributed by atoms with E-state index in [4.69, 9.17) is 9.47 Å². The van der Waals surface area contributed by atoms with E-state index in [2.05, 4.69) is 10.6 Å². The van der Waals surface area contributed by atoms with Crippen LogP contribution in [0, 0.1) is 0 Å². The molecule has 6 nitrogen and oxygen atoms in total. The van der Waals surface area contributed by atoms with Gasteiger partial charge < -0.3 is 20.1 Å². The Morgan fingerprint density at radius 2 is 1.96 bits per heavy atom. The lowest BCUT2D eigenvalue weighted by atomic mass is 10.1. The average Bonchev–Trinajstić information content (AvgIpc) is 3.24. The number of para-hydroxylation sites is 1. The van der Waals surface area contributed by atoms with Crippen LogP contribution in [0.1, 0.15) is 45.1 Å². The molecule has 24 heavy (non-hydrogen) atoms. The molecule has 0 radical (unpaired) electrons. The van der Waals surface area contributed by atoms with Crippen LogP contribution in [0.3, 0.4) is 0 Å².